The summed E-state index contributed by atoms with van der Waals surface area (Å²) in [6, 6.07) is 9.67. The Bertz CT molecular complexity index is 777. The summed E-state index contributed by atoms with van der Waals surface area (Å²) in [6.07, 6.45) is 2.44. The molecular weight excluding hydrogens is 330 g/mol. The summed E-state index contributed by atoms with van der Waals surface area (Å²) in [7, 11) is -3.00. The molecule has 0 spiro atoms. The topological polar surface area (TPSA) is 54.5 Å². The van der Waals surface area contributed by atoms with Crippen LogP contribution in [0.3, 0.4) is 0 Å². The summed E-state index contributed by atoms with van der Waals surface area (Å²) in [5, 5.41) is 1.07. The summed E-state index contributed by atoms with van der Waals surface area (Å²) in [5.41, 5.74) is 0. The quantitative estimate of drug-likeness (QED) is 0.830. The maximum atomic E-state index is 13.0. The number of thiophene rings is 1. The molecule has 1 saturated heterocycles. The zero-order valence-electron chi connectivity index (χ0n) is 13.2. The van der Waals surface area contributed by atoms with Gasteiger partial charge in [-0.15, -0.1) is 11.3 Å². The van der Waals surface area contributed by atoms with E-state index in [2.05, 4.69) is 6.92 Å². The summed E-state index contributed by atoms with van der Waals surface area (Å²) in [5.74, 6) is 0.273. The van der Waals surface area contributed by atoms with E-state index in [9.17, 15) is 13.2 Å². The normalized spacial score (nSPS) is 20.0. The van der Waals surface area contributed by atoms with Crippen molar-refractivity contribution in [1.29, 1.82) is 0 Å². The maximum Gasteiger partial charge on any atom is 0.264 e. The Morgan fingerprint density at radius 1 is 1.35 bits per heavy atom. The first-order valence-corrected chi connectivity index (χ1v) is 10.6. The van der Waals surface area contributed by atoms with E-state index >= 15 is 0 Å². The first-order valence-electron chi connectivity index (χ1n) is 8.00. The van der Waals surface area contributed by atoms with Crippen molar-refractivity contribution in [3.05, 3.63) is 35.2 Å². The van der Waals surface area contributed by atoms with Gasteiger partial charge in [-0.25, -0.2) is 8.42 Å². The molecule has 0 N–H and O–H groups in total. The van der Waals surface area contributed by atoms with E-state index in [0.717, 1.165) is 22.9 Å². The molecule has 1 aliphatic rings. The van der Waals surface area contributed by atoms with E-state index in [4.69, 9.17) is 0 Å². The molecule has 1 aromatic carbocycles. The third-order valence-electron chi connectivity index (χ3n) is 4.30. The molecule has 0 radical (unpaired) electrons. The van der Waals surface area contributed by atoms with Crippen molar-refractivity contribution in [3.8, 4) is 0 Å². The zero-order chi connectivity index (χ0) is 16.4. The molecule has 2 heterocycles. The number of sulfone groups is 1. The second-order valence-corrected chi connectivity index (χ2v) is 9.37. The molecule has 1 unspecified atom stereocenters. The van der Waals surface area contributed by atoms with E-state index in [0.29, 0.717) is 17.8 Å². The number of hydrogen-bond donors (Lipinski definition) is 0. The number of rotatable bonds is 5. The number of nitrogens with zero attached hydrogens (tertiary/aromatic N) is 1. The lowest BCUT2D eigenvalue weighted by molar-refractivity contribution is 0.0699. The molecule has 0 saturated carbocycles. The lowest BCUT2D eigenvalue weighted by atomic mass is 10.2. The first kappa shape index (κ1) is 16.5. The highest BCUT2D eigenvalue weighted by atomic mass is 32.2. The van der Waals surface area contributed by atoms with Gasteiger partial charge < -0.3 is 4.90 Å². The second kappa shape index (κ2) is 6.61. The zero-order valence-corrected chi connectivity index (χ0v) is 14.8. The Kier molecular flexibility index (Phi) is 4.73. The fourth-order valence-electron chi connectivity index (χ4n) is 3.03. The largest absolute Gasteiger partial charge is 0.334 e. The summed E-state index contributed by atoms with van der Waals surface area (Å²) in [4.78, 5) is 15.5. The number of benzene rings is 1. The minimum absolute atomic E-state index is 0.0262. The van der Waals surface area contributed by atoms with Crippen LogP contribution >= 0.6 is 11.3 Å². The highest BCUT2D eigenvalue weighted by Crippen LogP contribution is 2.28. The van der Waals surface area contributed by atoms with Crippen molar-refractivity contribution in [2.75, 3.05) is 18.1 Å². The Labute approximate surface area is 141 Å². The third-order valence-corrected chi connectivity index (χ3v) is 7.15. The molecule has 1 amide bonds. The SMILES string of the molecule is CCCCN(C(=O)c1cc2ccccc2s1)C1CCS(=O)(=O)C1. The Balaban J connectivity index is 1.87. The van der Waals surface area contributed by atoms with Crippen LogP contribution in [0.2, 0.25) is 0 Å². The van der Waals surface area contributed by atoms with Gasteiger partial charge in [-0.2, -0.15) is 0 Å². The van der Waals surface area contributed by atoms with Gasteiger partial charge in [0.05, 0.1) is 16.4 Å². The predicted molar refractivity (Wildman–Crippen MR) is 94.8 cm³/mol. The molecule has 3 rings (SSSR count). The van der Waals surface area contributed by atoms with E-state index in [1.165, 1.54) is 11.3 Å². The van der Waals surface area contributed by atoms with Crippen molar-refractivity contribution in [3.63, 3.8) is 0 Å². The number of amides is 1. The molecule has 1 atom stereocenters. The number of hydrogen-bond acceptors (Lipinski definition) is 4. The number of carbonyl (C=O) groups excluding carboxylic acids is 1. The third kappa shape index (κ3) is 3.58. The Morgan fingerprint density at radius 2 is 2.13 bits per heavy atom. The Morgan fingerprint density at radius 3 is 2.78 bits per heavy atom. The van der Waals surface area contributed by atoms with Gasteiger partial charge in [0.1, 0.15) is 0 Å². The molecule has 0 bridgehead atoms. The van der Waals surface area contributed by atoms with Crippen LogP contribution in [0.15, 0.2) is 30.3 Å². The van der Waals surface area contributed by atoms with Crippen molar-refractivity contribution >= 4 is 37.2 Å². The number of carbonyl (C=O) groups is 1. The molecule has 1 fully saturated rings. The smallest absolute Gasteiger partial charge is 0.264 e. The van der Waals surface area contributed by atoms with E-state index in [-0.39, 0.29) is 23.5 Å². The fourth-order valence-corrected chi connectivity index (χ4v) is 5.78. The second-order valence-electron chi connectivity index (χ2n) is 6.06. The number of unbranched alkanes of at least 4 members (excludes halogenated alkanes) is 1. The first-order chi connectivity index (χ1) is 11.0. The molecule has 23 heavy (non-hydrogen) atoms. The number of fused-ring (bicyclic) bond motifs is 1. The monoisotopic (exact) mass is 351 g/mol. The van der Waals surface area contributed by atoms with Gasteiger partial charge in [-0.1, -0.05) is 31.5 Å². The van der Waals surface area contributed by atoms with Crippen molar-refractivity contribution in [1.82, 2.24) is 4.90 Å². The van der Waals surface area contributed by atoms with Crippen LogP contribution < -0.4 is 0 Å². The average Bonchev–Trinajstić information content (AvgIpc) is 3.10. The predicted octanol–water partition coefficient (Wildman–Crippen LogP) is 3.33. The van der Waals surface area contributed by atoms with Crippen LogP contribution in [0.25, 0.3) is 10.1 Å². The lowest BCUT2D eigenvalue weighted by Gasteiger charge is -2.27. The summed E-state index contributed by atoms with van der Waals surface area (Å²) >= 11 is 1.49. The van der Waals surface area contributed by atoms with Gasteiger partial charge in [0.2, 0.25) is 0 Å². The molecule has 1 aromatic heterocycles. The minimum atomic E-state index is -3.00. The van der Waals surface area contributed by atoms with Gasteiger partial charge in [0, 0.05) is 17.3 Å². The molecular formula is C17H21NO3S2. The van der Waals surface area contributed by atoms with Crippen LogP contribution in [0.5, 0.6) is 0 Å². The Hall–Kier alpha value is -1.40. The maximum absolute atomic E-state index is 13.0. The van der Waals surface area contributed by atoms with Crippen LogP contribution in [0.1, 0.15) is 35.9 Å². The molecule has 124 valence electrons. The summed E-state index contributed by atoms with van der Waals surface area (Å²) < 4.78 is 24.7. The lowest BCUT2D eigenvalue weighted by Crippen LogP contribution is -2.41. The van der Waals surface area contributed by atoms with Gasteiger partial charge >= 0.3 is 0 Å². The van der Waals surface area contributed by atoms with Crippen LogP contribution in [0.4, 0.5) is 0 Å². The molecule has 4 nitrogen and oxygen atoms in total. The van der Waals surface area contributed by atoms with Gasteiger partial charge in [0.15, 0.2) is 9.84 Å². The standard InChI is InChI=1S/C17H21NO3S2/c1-2-3-9-18(14-8-10-23(20,21)12-14)17(19)16-11-13-6-4-5-7-15(13)22-16/h4-7,11,14H,2-3,8-10,12H2,1H3. The average molecular weight is 351 g/mol. The van der Waals surface area contributed by atoms with E-state index in [1.54, 1.807) is 4.90 Å². The molecule has 2 aromatic rings. The fraction of sp³-hybridized carbons (Fsp3) is 0.471. The highest BCUT2D eigenvalue weighted by molar-refractivity contribution is 7.91. The van der Waals surface area contributed by atoms with Crippen molar-refractivity contribution < 1.29 is 13.2 Å². The van der Waals surface area contributed by atoms with Crippen molar-refractivity contribution in [2.24, 2.45) is 0 Å². The molecule has 1 aliphatic heterocycles. The summed E-state index contributed by atoms with van der Waals surface area (Å²) in [6.45, 7) is 2.71. The highest BCUT2D eigenvalue weighted by Gasteiger charge is 2.35. The van der Waals surface area contributed by atoms with E-state index < -0.39 is 9.84 Å². The van der Waals surface area contributed by atoms with E-state index in [1.807, 2.05) is 30.3 Å². The molecule has 6 heteroatoms. The van der Waals surface area contributed by atoms with Crippen LogP contribution in [-0.4, -0.2) is 43.3 Å². The van der Waals surface area contributed by atoms with Gasteiger partial charge in [-0.3, -0.25) is 4.79 Å². The molecule has 0 aliphatic carbocycles. The van der Waals surface area contributed by atoms with Gasteiger partial charge in [0.25, 0.3) is 5.91 Å². The van der Waals surface area contributed by atoms with Crippen molar-refractivity contribution in [2.45, 2.75) is 32.2 Å². The van der Waals surface area contributed by atoms with Gasteiger partial charge in [-0.05, 0) is 30.4 Å². The van der Waals surface area contributed by atoms with Crippen LogP contribution in [-0.2, 0) is 9.84 Å². The minimum Gasteiger partial charge on any atom is -0.334 e. The van der Waals surface area contributed by atoms with Crippen LogP contribution in [0, 0.1) is 0 Å².